The average molecular weight is 467 g/mol. The van der Waals surface area contributed by atoms with Crippen LogP contribution in [0.2, 0.25) is 5.02 Å². The first kappa shape index (κ1) is 24.3. The van der Waals surface area contributed by atoms with Gasteiger partial charge in [-0.15, -0.1) is 0 Å². The second-order valence-corrected chi connectivity index (χ2v) is 8.44. The third kappa shape index (κ3) is 5.51. The second-order valence-electron chi connectivity index (χ2n) is 8.03. The third-order valence-electron chi connectivity index (χ3n) is 5.59. The van der Waals surface area contributed by atoms with E-state index < -0.39 is 29.0 Å². The molecule has 1 unspecified atom stereocenters. The van der Waals surface area contributed by atoms with E-state index in [1.165, 1.54) is 25.3 Å². The third-order valence-corrected chi connectivity index (χ3v) is 5.94. The van der Waals surface area contributed by atoms with Crippen LogP contribution < -0.4 is 16.6 Å². The number of aliphatic hydroxyl groups excluding tert-OH is 1. The van der Waals surface area contributed by atoms with Gasteiger partial charge in [0.2, 0.25) is 0 Å². The molecule has 1 saturated carbocycles. The molecule has 0 amide bonds. The number of hydrogen-bond acceptors (Lipinski definition) is 8. The summed E-state index contributed by atoms with van der Waals surface area (Å²) in [6, 6.07) is 3.78. The molecule has 1 aromatic carbocycles. The molecule has 1 heterocycles. The normalized spacial score (nSPS) is 17.2. The maximum absolute atomic E-state index is 12.9. The number of aromatic nitrogens is 3. The van der Waals surface area contributed by atoms with Crippen LogP contribution in [0, 0.1) is 0 Å². The summed E-state index contributed by atoms with van der Waals surface area (Å²) in [6.45, 7) is -0.0681. The Bertz CT molecular complexity index is 1060. The van der Waals surface area contributed by atoms with Gasteiger partial charge in [0.05, 0.1) is 36.6 Å². The molecule has 1 aromatic heterocycles. The number of carbonyl (C=O) groups excluding carboxylic acids is 1. The van der Waals surface area contributed by atoms with Crippen LogP contribution in [-0.4, -0.2) is 62.8 Å². The molecule has 0 spiro atoms. The van der Waals surface area contributed by atoms with Crippen LogP contribution in [0.25, 0.3) is 5.69 Å². The highest BCUT2D eigenvalue weighted by Crippen LogP contribution is 2.30. The van der Waals surface area contributed by atoms with Gasteiger partial charge >= 0.3 is 5.69 Å². The van der Waals surface area contributed by atoms with E-state index in [0.29, 0.717) is 29.7 Å². The molecule has 2 aromatic rings. The molecule has 10 nitrogen and oxygen atoms in total. The zero-order valence-electron chi connectivity index (χ0n) is 17.7. The van der Waals surface area contributed by atoms with Crippen molar-refractivity contribution in [1.82, 2.24) is 19.7 Å². The number of nitrogens with zero attached hydrogens (tertiary/aromatic N) is 3. The molecular formula is C21H27ClN4O6. The Hall–Kier alpha value is -2.37. The lowest BCUT2D eigenvalue weighted by Crippen LogP contribution is -2.43. The molecule has 2 atom stereocenters. The van der Waals surface area contributed by atoms with Crippen LogP contribution in [0.3, 0.4) is 0 Å². The summed E-state index contributed by atoms with van der Waals surface area (Å²) >= 11 is 6.32. The highest BCUT2D eigenvalue weighted by atomic mass is 35.5. The van der Waals surface area contributed by atoms with Gasteiger partial charge in [-0.3, -0.25) is 9.36 Å². The molecule has 3 N–H and O–H groups in total. The van der Waals surface area contributed by atoms with Crippen LogP contribution in [-0.2, 0) is 16.1 Å². The van der Waals surface area contributed by atoms with Crippen LogP contribution in [0.1, 0.15) is 37.3 Å². The molecule has 0 radical (unpaired) electrons. The van der Waals surface area contributed by atoms with Gasteiger partial charge < -0.3 is 25.1 Å². The number of aliphatic hydroxyl groups is 2. The zero-order valence-corrected chi connectivity index (χ0v) is 18.5. The maximum atomic E-state index is 12.9. The molecular weight excluding hydrogens is 440 g/mol. The maximum Gasteiger partial charge on any atom is 0.352 e. The lowest BCUT2D eigenvalue weighted by atomic mass is 10.0. The number of rotatable bonds is 10. The standard InChI is InChI=1S/C21H27ClN4O6/c1-32-12-15(28)10-25-19(29)9-24-26(20(25)30)14-4-5-17(22)16(8-14)18(11-27)23-13-21(31)6-2-3-7-21/h4-5,8-9,11,15,18,23,28,31H,2-3,6-7,10,12-13H2,1H3/t15-,18?/m1/s1. The van der Waals surface area contributed by atoms with Crippen molar-refractivity contribution in [2.75, 3.05) is 20.3 Å². The van der Waals surface area contributed by atoms with Crippen molar-refractivity contribution in [3.63, 3.8) is 0 Å². The van der Waals surface area contributed by atoms with E-state index in [1.807, 2.05) is 0 Å². The Morgan fingerprint density at radius 2 is 2.06 bits per heavy atom. The quantitative estimate of drug-likeness (QED) is 0.422. The van der Waals surface area contributed by atoms with Crippen molar-refractivity contribution in [2.45, 2.75) is 50.0 Å². The number of hydrogen-bond donors (Lipinski definition) is 3. The first-order valence-corrected chi connectivity index (χ1v) is 10.7. The predicted molar refractivity (Wildman–Crippen MR) is 117 cm³/mol. The van der Waals surface area contributed by atoms with Crippen LogP contribution >= 0.6 is 11.6 Å². The number of ether oxygens (including phenoxy) is 1. The first-order chi connectivity index (χ1) is 15.3. The van der Waals surface area contributed by atoms with Crippen molar-refractivity contribution < 1.29 is 19.7 Å². The summed E-state index contributed by atoms with van der Waals surface area (Å²) in [6.07, 6.45) is 3.80. The van der Waals surface area contributed by atoms with E-state index in [9.17, 15) is 24.6 Å². The average Bonchev–Trinajstić information content (AvgIpc) is 3.20. The topological polar surface area (TPSA) is 136 Å². The van der Waals surface area contributed by atoms with Crippen LogP contribution in [0.15, 0.2) is 34.0 Å². The Morgan fingerprint density at radius 1 is 1.34 bits per heavy atom. The lowest BCUT2D eigenvalue weighted by Gasteiger charge is -2.25. The summed E-state index contributed by atoms with van der Waals surface area (Å²) in [5.74, 6) is 0. The summed E-state index contributed by atoms with van der Waals surface area (Å²) in [5, 5.41) is 27.7. The van der Waals surface area contributed by atoms with Gasteiger partial charge in [-0.1, -0.05) is 24.4 Å². The highest BCUT2D eigenvalue weighted by Gasteiger charge is 2.32. The Labute approximate surface area is 189 Å². The van der Waals surface area contributed by atoms with Gasteiger partial charge in [0.1, 0.15) is 12.5 Å². The van der Waals surface area contributed by atoms with Gasteiger partial charge in [-0.2, -0.15) is 9.78 Å². The largest absolute Gasteiger partial charge is 0.389 e. The predicted octanol–water partition coefficient (Wildman–Crippen LogP) is 0.190. The number of benzene rings is 1. The van der Waals surface area contributed by atoms with Gasteiger partial charge in [0.15, 0.2) is 0 Å². The fourth-order valence-electron chi connectivity index (χ4n) is 3.88. The summed E-state index contributed by atoms with van der Waals surface area (Å²) in [4.78, 5) is 36.8. The molecule has 11 heteroatoms. The van der Waals surface area contributed by atoms with Gasteiger partial charge in [0.25, 0.3) is 5.56 Å². The fraction of sp³-hybridized carbons (Fsp3) is 0.524. The number of carbonyl (C=O) groups is 1. The van der Waals surface area contributed by atoms with E-state index >= 15 is 0 Å². The second kappa shape index (κ2) is 10.5. The summed E-state index contributed by atoms with van der Waals surface area (Å²) in [5.41, 5.74) is -1.57. The number of methoxy groups -OCH3 is 1. The fourth-order valence-corrected chi connectivity index (χ4v) is 4.11. The van der Waals surface area contributed by atoms with Crippen molar-refractivity contribution in [3.05, 3.63) is 55.8 Å². The minimum absolute atomic E-state index is 0.0433. The smallest absolute Gasteiger partial charge is 0.352 e. The SMILES string of the molecule is COC[C@H](O)Cn1c(=O)cnn(-c2ccc(Cl)c(C(C=O)NCC3(O)CCCC3)c2)c1=O. The molecule has 1 aliphatic rings. The van der Waals surface area contributed by atoms with Crippen molar-refractivity contribution in [1.29, 1.82) is 0 Å². The molecule has 1 fully saturated rings. The molecule has 0 saturated heterocycles. The van der Waals surface area contributed by atoms with Crippen molar-refractivity contribution in [2.24, 2.45) is 0 Å². The Morgan fingerprint density at radius 3 is 2.72 bits per heavy atom. The number of aldehydes is 1. The molecule has 1 aliphatic carbocycles. The van der Waals surface area contributed by atoms with Crippen molar-refractivity contribution >= 4 is 17.9 Å². The Kier molecular flexibility index (Phi) is 7.96. The van der Waals surface area contributed by atoms with E-state index in [0.717, 1.165) is 28.3 Å². The van der Waals surface area contributed by atoms with Gasteiger partial charge in [-0.25, -0.2) is 4.79 Å². The minimum atomic E-state index is -1.05. The van der Waals surface area contributed by atoms with Gasteiger partial charge in [0, 0.05) is 18.7 Å². The summed E-state index contributed by atoms with van der Waals surface area (Å²) < 4.78 is 6.69. The van der Waals surface area contributed by atoms with E-state index in [4.69, 9.17) is 16.3 Å². The summed E-state index contributed by atoms with van der Waals surface area (Å²) in [7, 11) is 1.40. The highest BCUT2D eigenvalue weighted by molar-refractivity contribution is 6.31. The molecule has 3 rings (SSSR count). The molecule has 174 valence electrons. The van der Waals surface area contributed by atoms with E-state index in [1.54, 1.807) is 0 Å². The zero-order chi connectivity index (χ0) is 23.3. The number of nitrogens with one attached hydrogen (secondary N) is 1. The molecule has 0 aliphatic heterocycles. The van der Waals surface area contributed by atoms with E-state index in [-0.39, 0.29) is 25.4 Å². The van der Waals surface area contributed by atoms with E-state index in [2.05, 4.69) is 10.4 Å². The molecule has 32 heavy (non-hydrogen) atoms. The first-order valence-electron chi connectivity index (χ1n) is 10.3. The van der Waals surface area contributed by atoms with Crippen molar-refractivity contribution in [3.8, 4) is 5.69 Å². The van der Waals surface area contributed by atoms with Crippen LogP contribution in [0.5, 0.6) is 0 Å². The number of halogens is 1. The minimum Gasteiger partial charge on any atom is -0.389 e. The molecule has 0 bridgehead atoms. The van der Waals surface area contributed by atoms with Crippen LogP contribution in [0.4, 0.5) is 0 Å². The van der Waals surface area contributed by atoms with Gasteiger partial charge in [-0.05, 0) is 36.6 Å². The Balaban J connectivity index is 1.91. The monoisotopic (exact) mass is 466 g/mol. The lowest BCUT2D eigenvalue weighted by molar-refractivity contribution is -0.109.